The third-order valence-corrected chi connectivity index (χ3v) is 4.66. The van der Waals surface area contributed by atoms with Crippen LogP contribution in [0.2, 0.25) is 0 Å². The fourth-order valence-corrected chi connectivity index (χ4v) is 3.03. The van der Waals surface area contributed by atoms with Crippen LogP contribution < -0.4 is 4.18 Å². The lowest BCUT2D eigenvalue weighted by Gasteiger charge is -2.15. The van der Waals surface area contributed by atoms with E-state index in [1.54, 1.807) is 12.1 Å². The number of methoxy groups -OCH3 is 1. The van der Waals surface area contributed by atoms with Gasteiger partial charge in [-0.2, -0.15) is 8.42 Å². The molecule has 0 saturated heterocycles. The monoisotopic (exact) mass is 378 g/mol. The molecule has 0 radical (unpaired) electrons. The van der Waals surface area contributed by atoms with E-state index in [-0.39, 0.29) is 10.6 Å². The Morgan fingerprint density at radius 3 is 2.04 bits per heavy atom. The van der Waals surface area contributed by atoms with E-state index in [0.717, 1.165) is 5.56 Å². The molecule has 0 aliphatic heterocycles. The Bertz CT molecular complexity index is 884. The molecule has 2 aromatic carbocycles. The summed E-state index contributed by atoms with van der Waals surface area (Å²) in [5.74, 6) is -1.34. The first-order valence-corrected chi connectivity index (χ1v) is 9.00. The highest BCUT2D eigenvalue weighted by molar-refractivity contribution is 7.87. The molecule has 0 aromatic heterocycles. The van der Waals surface area contributed by atoms with E-state index in [4.69, 9.17) is 8.92 Å². The predicted octanol–water partition coefficient (Wildman–Crippen LogP) is 2.54. The second-order valence-corrected chi connectivity index (χ2v) is 6.98. The minimum Gasteiger partial charge on any atom is -0.466 e. The Kier molecular flexibility index (Phi) is 5.99. The lowest BCUT2D eigenvalue weighted by atomic mass is 10.1. The number of aryl methyl sites for hydroxylation is 1. The molecule has 26 heavy (non-hydrogen) atoms. The fraction of sp³-hybridized carbons (Fsp3) is 0.222. The van der Waals surface area contributed by atoms with Gasteiger partial charge in [0.2, 0.25) is 6.10 Å². The Labute approximate surface area is 151 Å². The van der Waals surface area contributed by atoms with Crippen LogP contribution in [0.25, 0.3) is 0 Å². The minimum absolute atomic E-state index is 0.0273. The lowest BCUT2D eigenvalue weighted by molar-refractivity contribution is -0.165. The van der Waals surface area contributed by atoms with Crippen molar-refractivity contribution in [3.63, 3.8) is 0 Å². The summed E-state index contributed by atoms with van der Waals surface area (Å²) in [4.78, 5) is 22.9. The number of hydrogen-bond donors (Lipinski definition) is 0. The van der Waals surface area contributed by atoms with Gasteiger partial charge in [0.15, 0.2) is 0 Å². The Morgan fingerprint density at radius 1 is 0.962 bits per heavy atom. The van der Waals surface area contributed by atoms with Crippen LogP contribution in [-0.2, 0) is 29.2 Å². The molecule has 1 unspecified atom stereocenters. The zero-order chi connectivity index (χ0) is 19.3. The van der Waals surface area contributed by atoms with Crippen LogP contribution in [0.15, 0.2) is 53.4 Å². The van der Waals surface area contributed by atoms with Crippen molar-refractivity contribution in [2.45, 2.75) is 24.8 Å². The first kappa shape index (κ1) is 19.5. The van der Waals surface area contributed by atoms with Gasteiger partial charge >= 0.3 is 22.1 Å². The van der Waals surface area contributed by atoms with Crippen LogP contribution in [0.1, 0.15) is 24.2 Å². The lowest BCUT2D eigenvalue weighted by Crippen LogP contribution is -2.19. The van der Waals surface area contributed by atoms with E-state index in [0.29, 0.717) is 5.56 Å². The summed E-state index contributed by atoms with van der Waals surface area (Å²) in [6.45, 7) is 3.01. The Balaban J connectivity index is 2.21. The van der Waals surface area contributed by atoms with Crippen molar-refractivity contribution in [2.24, 2.45) is 0 Å². The highest BCUT2D eigenvalue weighted by Crippen LogP contribution is 2.24. The van der Waals surface area contributed by atoms with Crippen LogP contribution in [0.5, 0.6) is 5.75 Å². The molecule has 0 saturated carbocycles. The summed E-state index contributed by atoms with van der Waals surface area (Å²) < 4.78 is 39.2. The Hall–Kier alpha value is -2.87. The van der Waals surface area contributed by atoms with E-state index in [9.17, 15) is 18.0 Å². The number of rotatable bonds is 6. The quantitative estimate of drug-likeness (QED) is 0.563. The maximum absolute atomic E-state index is 12.3. The van der Waals surface area contributed by atoms with Crippen molar-refractivity contribution in [2.75, 3.05) is 7.11 Å². The zero-order valence-corrected chi connectivity index (χ0v) is 15.3. The van der Waals surface area contributed by atoms with Crippen molar-refractivity contribution in [3.8, 4) is 5.75 Å². The first-order valence-electron chi connectivity index (χ1n) is 7.59. The summed E-state index contributed by atoms with van der Waals surface area (Å²) in [6.07, 6.45) is -1.24. The van der Waals surface area contributed by atoms with E-state index in [2.05, 4.69) is 4.74 Å². The standard InChI is InChI=1S/C18H18O7S/c1-12-4-10-16(11-5-12)26(21,22)25-15-8-6-14(7-9-15)17(18(20)23-3)24-13(2)19/h4-11,17H,1-3H3. The summed E-state index contributed by atoms with van der Waals surface area (Å²) in [7, 11) is -2.81. The van der Waals surface area contributed by atoms with Gasteiger partial charge in [-0.05, 0) is 31.2 Å². The van der Waals surface area contributed by atoms with Gasteiger partial charge < -0.3 is 13.7 Å². The second-order valence-electron chi connectivity index (χ2n) is 5.43. The van der Waals surface area contributed by atoms with Crippen molar-refractivity contribution in [1.29, 1.82) is 0 Å². The van der Waals surface area contributed by atoms with Crippen molar-refractivity contribution >= 4 is 22.1 Å². The van der Waals surface area contributed by atoms with Gasteiger partial charge in [0.25, 0.3) is 0 Å². The van der Waals surface area contributed by atoms with Crippen molar-refractivity contribution < 1.29 is 31.7 Å². The molecule has 0 fully saturated rings. The number of ether oxygens (including phenoxy) is 2. The summed E-state index contributed by atoms with van der Waals surface area (Å²) in [6, 6.07) is 11.8. The summed E-state index contributed by atoms with van der Waals surface area (Å²) in [5, 5.41) is 0. The molecule has 1 atom stereocenters. The third-order valence-electron chi connectivity index (χ3n) is 3.40. The molecule has 7 nitrogen and oxygen atoms in total. The zero-order valence-electron chi connectivity index (χ0n) is 14.5. The van der Waals surface area contributed by atoms with Gasteiger partial charge in [-0.1, -0.05) is 29.8 Å². The number of carbonyl (C=O) groups excluding carboxylic acids is 2. The maximum Gasteiger partial charge on any atom is 0.351 e. The SMILES string of the molecule is COC(=O)C(OC(C)=O)c1ccc(OS(=O)(=O)c2ccc(C)cc2)cc1. The smallest absolute Gasteiger partial charge is 0.351 e. The van der Waals surface area contributed by atoms with Gasteiger partial charge in [-0.25, -0.2) is 4.79 Å². The molecule has 0 aliphatic carbocycles. The fourth-order valence-electron chi connectivity index (χ4n) is 2.10. The van der Waals surface area contributed by atoms with Gasteiger partial charge in [0, 0.05) is 12.5 Å². The van der Waals surface area contributed by atoms with E-state index in [1.807, 2.05) is 6.92 Å². The molecule has 2 rings (SSSR count). The highest BCUT2D eigenvalue weighted by atomic mass is 32.2. The van der Waals surface area contributed by atoms with Crippen molar-refractivity contribution in [3.05, 3.63) is 59.7 Å². The minimum atomic E-state index is -3.98. The van der Waals surface area contributed by atoms with Crippen LogP contribution >= 0.6 is 0 Å². The second kappa shape index (κ2) is 8.01. The van der Waals surface area contributed by atoms with Gasteiger partial charge in [-0.3, -0.25) is 4.79 Å². The number of benzene rings is 2. The molecule has 2 aromatic rings. The van der Waals surface area contributed by atoms with Gasteiger partial charge in [0.05, 0.1) is 7.11 Å². The molecule has 0 heterocycles. The number of carbonyl (C=O) groups is 2. The van der Waals surface area contributed by atoms with E-state index >= 15 is 0 Å². The summed E-state index contributed by atoms with van der Waals surface area (Å²) in [5.41, 5.74) is 1.25. The van der Waals surface area contributed by atoms with Crippen LogP contribution in [0, 0.1) is 6.92 Å². The van der Waals surface area contributed by atoms with Crippen LogP contribution in [0.3, 0.4) is 0 Å². The third kappa shape index (κ3) is 4.82. The van der Waals surface area contributed by atoms with Gasteiger partial charge in [-0.15, -0.1) is 0 Å². The normalized spacial score (nSPS) is 12.1. The molecule has 0 bridgehead atoms. The molecule has 0 spiro atoms. The topological polar surface area (TPSA) is 96.0 Å². The molecule has 138 valence electrons. The molecule has 0 amide bonds. The van der Waals surface area contributed by atoms with Crippen LogP contribution in [0.4, 0.5) is 0 Å². The van der Waals surface area contributed by atoms with Crippen LogP contribution in [-0.4, -0.2) is 27.5 Å². The largest absolute Gasteiger partial charge is 0.466 e. The van der Waals surface area contributed by atoms with Gasteiger partial charge in [0.1, 0.15) is 10.6 Å². The first-order chi connectivity index (χ1) is 12.2. The highest BCUT2D eigenvalue weighted by Gasteiger charge is 2.25. The summed E-state index contributed by atoms with van der Waals surface area (Å²) >= 11 is 0. The predicted molar refractivity (Wildman–Crippen MR) is 92.0 cm³/mol. The van der Waals surface area contributed by atoms with E-state index < -0.39 is 28.2 Å². The average molecular weight is 378 g/mol. The molecule has 0 N–H and O–H groups in total. The number of hydrogen-bond acceptors (Lipinski definition) is 7. The molecular weight excluding hydrogens is 360 g/mol. The molecule has 8 heteroatoms. The molecule has 0 aliphatic rings. The van der Waals surface area contributed by atoms with E-state index in [1.165, 1.54) is 50.4 Å². The number of esters is 2. The Morgan fingerprint density at radius 2 is 1.54 bits per heavy atom. The average Bonchev–Trinajstić information content (AvgIpc) is 2.60. The maximum atomic E-state index is 12.3. The molecular formula is C18H18O7S. The van der Waals surface area contributed by atoms with Crippen molar-refractivity contribution in [1.82, 2.24) is 0 Å².